The van der Waals surface area contributed by atoms with Crippen LogP contribution in [0.2, 0.25) is 0 Å². The Bertz CT molecular complexity index is 976. The van der Waals surface area contributed by atoms with E-state index in [1.165, 1.54) is 50.9 Å². The summed E-state index contributed by atoms with van der Waals surface area (Å²) in [5.41, 5.74) is 11.0. The Hall–Kier alpha value is -2.60. The highest BCUT2D eigenvalue weighted by atomic mass is 14.3. The molecule has 0 aliphatic heterocycles. The molecule has 0 fully saturated rings. The van der Waals surface area contributed by atoms with Gasteiger partial charge in [0.1, 0.15) is 0 Å². The fourth-order valence-corrected chi connectivity index (χ4v) is 4.05. The zero-order valence-corrected chi connectivity index (χ0v) is 16.5. The van der Waals surface area contributed by atoms with Crippen LogP contribution in [-0.2, 0) is 6.42 Å². The molecule has 135 valence electrons. The summed E-state index contributed by atoms with van der Waals surface area (Å²) in [6.07, 6.45) is 7.02. The van der Waals surface area contributed by atoms with Crippen molar-refractivity contribution < 1.29 is 0 Å². The van der Waals surface area contributed by atoms with E-state index in [4.69, 9.17) is 0 Å². The molecule has 0 nitrogen and oxygen atoms in total. The molecule has 0 saturated heterocycles. The predicted molar refractivity (Wildman–Crippen MR) is 118 cm³/mol. The van der Waals surface area contributed by atoms with Gasteiger partial charge < -0.3 is 0 Å². The van der Waals surface area contributed by atoms with E-state index in [2.05, 4.69) is 100.0 Å². The first-order valence-electron chi connectivity index (χ1n) is 10.1. The summed E-state index contributed by atoms with van der Waals surface area (Å²) in [4.78, 5) is 0. The van der Waals surface area contributed by atoms with Crippen LogP contribution < -0.4 is 0 Å². The first kappa shape index (κ1) is 17.8. The Morgan fingerprint density at radius 3 is 2.26 bits per heavy atom. The lowest BCUT2D eigenvalue weighted by molar-refractivity contribution is 0.669. The molecule has 0 saturated carbocycles. The molecule has 1 unspecified atom stereocenters. The molecule has 27 heavy (non-hydrogen) atoms. The molecule has 0 heteroatoms. The van der Waals surface area contributed by atoms with Crippen molar-refractivity contribution >= 4 is 6.08 Å². The Kier molecular flexibility index (Phi) is 4.99. The molecule has 0 N–H and O–H groups in total. The third-order valence-corrected chi connectivity index (χ3v) is 5.85. The van der Waals surface area contributed by atoms with Gasteiger partial charge in [-0.15, -0.1) is 0 Å². The van der Waals surface area contributed by atoms with Crippen LogP contribution in [0.25, 0.3) is 28.3 Å². The monoisotopic (exact) mass is 351 g/mol. The summed E-state index contributed by atoms with van der Waals surface area (Å²) in [7, 11) is 0. The number of fused-ring (bicyclic) bond motifs is 1. The van der Waals surface area contributed by atoms with E-state index < -0.39 is 0 Å². The van der Waals surface area contributed by atoms with Crippen molar-refractivity contribution in [1.29, 1.82) is 0 Å². The molecule has 1 aliphatic carbocycles. The Balaban J connectivity index is 2.00. The highest BCUT2D eigenvalue weighted by Crippen LogP contribution is 2.44. The van der Waals surface area contributed by atoms with Gasteiger partial charge in [0.25, 0.3) is 0 Å². The lowest BCUT2D eigenvalue weighted by atomic mass is 9.86. The predicted octanol–water partition coefficient (Wildman–Crippen LogP) is 7.58. The molecule has 1 radical (unpaired) electrons. The van der Waals surface area contributed by atoms with E-state index in [1.807, 2.05) is 0 Å². The van der Waals surface area contributed by atoms with Crippen molar-refractivity contribution in [1.82, 2.24) is 0 Å². The summed E-state index contributed by atoms with van der Waals surface area (Å²) < 4.78 is 0. The van der Waals surface area contributed by atoms with Gasteiger partial charge in [0.15, 0.2) is 0 Å². The van der Waals surface area contributed by atoms with E-state index in [0.717, 1.165) is 6.42 Å². The quantitative estimate of drug-likeness (QED) is 0.444. The number of allylic oxidation sites excluding steroid dienone is 1. The fraction of sp³-hybridized carbons (Fsp3) is 0.222. The first-order chi connectivity index (χ1) is 13.2. The summed E-state index contributed by atoms with van der Waals surface area (Å²) in [5, 5.41) is 0. The second-order valence-electron chi connectivity index (χ2n) is 7.47. The van der Waals surface area contributed by atoms with E-state index in [-0.39, 0.29) is 0 Å². The zero-order valence-electron chi connectivity index (χ0n) is 16.5. The first-order valence-corrected chi connectivity index (χ1v) is 10.1. The fourth-order valence-electron chi connectivity index (χ4n) is 4.05. The lowest BCUT2D eigenvalue weighted by Gasteiger charge is -2.17. The molecular formula is C27H27. The zero-order chi connectivity index (χ0) is 18.8. The van der Waals surface area contributed by atoms with Crippen molar-refractivity contribution in [3.05, 3.63) is 95.4 Å². The number of rotatable bonds is 5. The Labute approximate surface area is 163 Å². The summed E-state index contributed by atoms with van der Waals surface area (Å²) in [5.74, 6) is 0.590. The molecule has 0 heterocycles. The van der Waals surface area contributed by atoms with Gasteiger partial charge in [-0.1, -0.05) is 99.2 Å². The molecule has 3 aromatic rings. The average Bonchev–Trinajstić information content (AvgIpc) is 3.17. The molecule has 0 aromatic heterocycles. The molecular weight excluding hydrogens is 324 g/mol. The average molecular weight is 352 g/mol. The lowest BCUT2D eigenvalue weighted by Crippen LogP contribution is -1.96. The van der Waals surface area contributed by atoms with Gasteiger partial charge in [0, 0.05) is 6.42 Å². The minimum Gasteiger partial charge on any atom is -0.0648 e. The molecule has 0 spiro atoms. The van der Waals surface area contributed by atoms with Gasteiger partial charge >= 0.3 is 0 Å². The minimum absolute atomic E-state index is 0.590. The maximum absolute atomic E-state index is 2.43. The summed E-state index contributed by atoms with van der Waals surface area (Å²) in [6.45, 7) is 6.84. The number of hydrogen-bond acceptors (Lipinski definition) is 0. The van der Waals surface area contributed by atoms with Gasteiger partial charge in [0.2, 0.25) is 0 Å². The van der Waals surface area contributed by atoms with Crippen molar-refractivity contribution in [3.63, 3.8) is 0 Å². The van der Waals surface area contributed by atoms with E-state index in [0.29, 0.717) is 5.92 Å². The maximum Gasteiger partial charge on any atom is 0.0167 e. The minimum atomic E-state index is 0.590. The van der Waals surface area contributed by atoms with Gasteiger partial charge in [-0.3, -0.25) is 0 Å². The number of aryl methyl sites for hydroxylation is 1. The van der Waals surface area contributed by atoms with Crippen LogP contribution in [0, 0.1) is 12.3 Å². The van der Waals surface area contributed by atoms with Crippen molar-refractivity contribution in [3.8, 4) is 22.3 Å². The normalized spacial score (nSPS) is 14.0. The molecule has 1 aliphatic rings. The topological polar surface area (TPSA) is 0 Å². The number of benzene rings is 3. The highest BCUT2D eigenvalue weighted by molar-refractivity contribution is 5.94. The highest BCUT2D eigenvalue weighted by Gasteiger charge is 2.23. The largest absolute Gasteiger partial charge is 0.0648 e. The van der Waals surface area contributed by atoms with E-state index in [1.54, 1.807) is 0 Å². The van der Waals surface area contributed by atoms with Crippen LogP contribution >= 0.6 is 0 Å². The second kappa shape index (κ2) is 7.56. The van der Waals surface area contributed by atoms with Crippen LogP contribution in [0.1, 0.15) is 43.9 Å². The van der Waals surface area contributed by atoms with Crippen molar-refractivity contribution in [2.24, 2.45) is 5.92 Å². The van der Waals surface area contributed by atoms with Crippen LogP contribution in [0.3, 0.4) is 0 Å². The maximum atomic E-state index is 2.43. The summed E-state index contributed by atoms with van der Waals surface area (Å²) >= 11 is 0. The smallest absolute Gasteiger partial charge is 0.0167 e. The van der Waals surface area contributed by atoms with Crippen LogP contribution in [0.15, 0.2) is 72.3 Å². The van der Waals surface area contributed by atoms with Crippen LogP contribution in [-0.4, -0.2) is 0 Å². The Morgan fingerprint density at radius 2 is 1.52 bits per heavy atom. The second-order valence-corrected chi connectivity index (χ2v) is 7.47. The van der Waals surface area contributed by atoms with Gasteiger partial charge in [-0.05, 0) is 57.7 Å². The molecule has 4 rings (SSSR count). The van der Waals surface area contributed by atoms with Gasteiger partial charge in [-0.2, -0.15) is 0 Å². The van der Waals surface area contributed by atoms with Crippen LogP contribution in [0.4, 0.5) is 0 Å². The molecule has 0 bridgehead atoms. The van der Waals surface area contributed by atoms with E-state index >= 15 is 0 Å². The summed E-state index contributed by atoms with van der Waals surface area (Å²) in [6, 6.07) is 24.3. The van der Waals surface area contributed by atoms with E-state index in [9.17, 15) is 0 Å². The SMILES string of the molecule is CCc1ccccc1-c1c(-c2ccccc2)ccc2c1C=C(C(C)CC)[CH]2. The standard InChI is InChI=1S/C27H27/c1-4-19(3)23-17-22-15-16-25(21-12-7-6-8-13-21)27(26(22)18-23)24-14-10-9-11-20(24)5-2/h6-19H,4-5H2,1-3H3. The molecule has 1 atom stereocenters. The Morgan fingerprint density at radius 1 is 0.778 bits per heavy atom. The third kappa shape index (κ3) is 3.25. The van der Waals surface area contributed by atoms with Crippen molar-refractivity contribution in [2.75, 3.05) is 0 Å². The number of hydrogen-bond donors (Lipinski definition) is 0. The molecule has 0 amide bonds. The van der Waals surface area contributed by atoms with Crippen molar-refractivity contribution in [2.45, 2.75) is 33.6 Å². The molecule has 3 aromatic carbocycles. The van der Waals surface area contributed by atoms with Gasteiger partial charge in [0.05, 0.1) is 0 Å². The van der Waals surface area contributed by atoms with Crippen LogP contribution in [0.5, 0.6) is 0 Å². The van der Waals surface area contributed by atoms with Gasteiger partial charge in [-0.25, -0.2) is 0 Å². The third-order valence-electron chi connectivity index (χ3n) is 5.85.